The Bertz CT molecular complexity index is 321. The summed E-state index contributed by atoms with van der Waals surface area (Å²) in [6.45, 7) is 4.91. The first-order valence-electron chi connectivity index (χ1n) is 4.54. The fourth-order valence-electron chi connectivity index (χ4n) is 1.03. The van der Waals surface area contributed by atoms with Gasteiger partial charge in [-0.25, -0.2) is 0 Å². The Balaban J connectivity index is 2.37. The molecular formula is C12H13NO. The molecule has 2 heteroatoms. The molecule has 1 rings (SSSR count). The van der Waals surface area contributed by atoms with Gasteiger partial charge >= 0.3 is 0 Å². The van der Waals surface area contributed by atoms with Gasteiger partial charge < -0.3 is 4.74 Å². The van der Waals surface area contributed by atoms with Crippen LogP contribution < -0.4 is 0 Å². The first kappa shape index (κ1) is 10.5. The van der Waals surface area contributed by atoms with Crippen molar-refractivity contribution in [1.29, 1.82) is 5.26 Å². The van der Waals surface area contributed by atoms with Gasteiger partial charge in [-0.2, -0.15) is 5.26 Å². The Kier molecular flexibility index (Phi) is 4.46. The van der Waals surface area contributed by atoms with Crippen LogP contribution >= 0.6 is 0 Å². The highest BCUT2D eigenvalue weighted by atomic mass is 16.5. The molecule has 2 nitrogen and oxygen atoms in total. The van der Waals surface area contributed by atoms with Crippen molar-refractivity contribution in [2.45, 2.75) is 13.0 Å². The molecule has 1 aromatic carbocycles. The summed E-state index contributed by atoms with van der Waals surface area (Å²) in [4.78, 5) is 0. The van der Waals surface area contributed by atoms with Crippen LogP contribution in [0.2, 0.25) is 0 Å². The standard InChI is InChI=1S/C12H13NO/c1-2-3-8-14-10-12-6-4-11(9-13)5-7-12/h2,4-7H,1,3,8,10H2. The van der Waals surface area contributed by atoms with E-state index < -0.39 is 0 Å². The average Bonchev–Trinajstić information content (AvgIpc) is 2.25. The van der Waals surface area contributed by atoms with Crippen LogP contribution in [0.4, 0.5) is 0 Å². The van der Waals surface area contributed by atoms with Crippen molar-refractivity contribution in [3.8, 4) is 6.07 Å². The van der Waals surface area contributed by atoms with E-state index in [0.717, 1.165) is 12.0 Å². The number of ether oxygens (including phenoxy) is 1. The summed E-state index contributed by atoms with van der Waals surface area (Å²) >= 11 is 0. The summed E-state index contributed by atoms with van der Waals surface area (Å²) < 4.78 is 5.38. The highest BCUT2D eigenvalue weighted by molar-refractivity contribution is 5.31. The molecule has 0 atom stereocenters. The van der Waals surface area contributed by atoms with Crippen molar-refractivity contribution in [2.24, 2.45) is 0 Å². The zero-order valence-electron chi connectivity index (χ0n) is 8.07. The van der Waals surface area contributed by atoms with Crippen molar-refractivity contribution in [1.82, 2.24) is 0 Å². The molecule has 0 bridgehead atoms. The third-order valence-electron chi connectivity index (χ3n) is 1.82. The second-order valence-electron chi connectivity index (χ2n) is 2.94. The van der Waals surface area contributed by atoms with E-state index in [2.05, 4.69) is 12.6 Å². The molecule has 14 heavy (non-hydrogen) atoms. The molecule has 0 radical (unpaired) electrons. The van der Waals surface area contributed by atoms with Crippen LogP contribution in [0.5, 0.6) is 0 Å². The summed E-state index contributed by atoms with van der Waals surface area (Å²) in [5, 5.41) is 8.58. The second kappa shape index (κ2) is 5.95. The predicted octanol–water partition coefficient (Wildman–Crippen LogP) is 2.65. The van der Waals surface area contributed by atoms with Crippen LogP contribution in [-0.2, 0) is 11.3 Å². The van der Waals surface area contributed by atoms with E-state index >= 15 is 0 Å². The minimum atomic E-state index is 0.597. The van der Waals surface area contributed by atoms with Crippen LogP contribution in [0.3, 0.4) is 0 Å². The average molecular weight is 187 g/mol. The number of nitriles is 1. The minimum absolute atomic E-state index is 0.597. The van der Waals surface area contributed by atoms with Crippen molar-refractivity contribution in [3.63, 3.8) is 0 Å². The molecule has 72 valence electrons. The molecule has 0 N–H and O–H groups in total. The Morgan fingerprint density at radius 1 is 1.36 bits per heavy atom. The maximum absolute atomic E-state index is 8.58. The van der Waals surface area contributed by atoms with Gasteiger partial charge in [-0.15, -0.1) is 6.58 Å². The van der Waals surface area contributed by atoms with Crippen LogP contribution in [0.1, 0.15) is 17.5 Å². The second-order valence-corrected chi connectivity index (χ2v) is 2.94. The molecule has 0 aromatic heterocycles. The van der Waals surface area contributed by atoms with Gasteiger partial charge in [-0.1, -0.05) is 18.2 Å². The van der Waals surface area contributed by atoms with Gasteiger partial charge in [0.1, 0.15) is 0 Å². The van der Waals surface area contributed by atoms with E-state index in [1.54, 1.807) is 12.1 Å². The summed E-state index contributed by atoms with van der Waals surface area (Å²) in [7, 11) is 0. The van der Waals surface area contributed by atoms with Crippen molar-refractivity contribution in [2.75, 3.05) is 6.61 Å². The summed E-state index contributed by atoms with van der Waals surface area (Å²) in [6.07, 6.45) is 2.70. The molecule has 0 saturated carbocycles. The maximum atomic E-state index is 8.58. The van der Waals surface area contributed by atoms with Gasteiger partial charge in [0, 0.05) is 0 Å². The molecule has 0 heterocycles. The molecular weight excluding hydrogens is 174 g/mol. The molecule has 0 unspecified atom stereocenters. The molecule has 0 aliphatic carbocycles. The fourth-order valence-corrected chi connectivity index (χ4v) is 1.03. The van der Waals surface area contributed by atoms with E-state index in [1.165, 1.54) is 0 Å². The highest BCUT2D eigenvalue weighted by Gasteiger charge is 1.93. The van der Waals surface area contributed by atoms with Crippen LogP contribution in [0, 0.1) is 11.3 Å². The minimum Gasteiger partial charge on any atom is -0.376 e. The van der Waals surface area contributed by atoms with Crippen LogP contribution in [0.15, 0.2) is 36.9 Å². The van der Waals surface area contributed by atoms with Gasteiger partial charge in [0.2, 0.25) is 0 Å². The SMILES string of the molecule is C=CCCOCc1ccc(C#N)cc1. The Hall–Kier alpha value is -1.59. The van der Waals surface area contributed by atoms with Crippen LogP contribution in [0.25, 0.3) is 0 Å². The lowest BCUT2D eigenvalue weighted by Gasteiger charge is -2.02. The number of hydrogen-bond acceptors (Lipinski definition) is 2. The largest absolute Gasteiger partial charge is 0.376 e. The number of rotatable bonds is 5. The topological polar surface area (TPSA) is 33.0 Å². The van der Waals surface area contributed by atoms with Crippen molar-refractivity contribution < 1.29 is 4.74 Å². The lowest BCUT2D eigenvalue weighted by atomic mass is 10.2. The molecule has 0 aliphatic rings. The van der Waals surface area contributed by atoms with Gasteiger partial charge in [-0.05, 0) is 24.1 Å². The molecule has 1 aromatic rings. The van der Waals surface area contributed by atoms with Gasteiger partial charge in [0.05, 0.1) is 24.8 Å². The van der Waals surface area contributed by atoms with E-state index in [9.17, 15) is 0 Å². The van der Waals surface area contributed by atoms with Crippen molar-refractivity contribution >= 4 is 0 Å². The van der Waals surface area contributed by atoms with Gasteiger partial charge in [0.25, 0.3) is 0 Å². The zero-order valence-corrected chi connectivity index (χ0v) is 8.07. The molecule has 0 saturated heterocycles. The molecule has 0 amide bonds. The third-order valence-corrected chi connectivity index (χ3v) is 1.82. The number of hydrogen-bond donors (Lipinski definition) is 0. The molecule has 0 spiro atoms. The predicted molar refractivity (Wildman–Crippen MR) is 55.6 cm³/mol. The Labute approximate surface area is 84.4 Å². The lowest BCUT2D eigenvalue weighted by molar-refractivity contribution is 0.125. The molecule has 0 aliphatic heterocycles. The third kappa shape index (κ3) is 3.42. The van der Waals surface area contributed by atoms with Crippen LogP contribution in [-0.4, -0.2) is 6.61 Å². The van der Waals surface area contributed by atoms with E-state index in [1.807, 2.05) is 18.2 Å². The quantitative estimate of drug-likeness (QED) is 0.524. The zero-order chi connectivity index (χ0) is 10.2. The van der Waals surface area contributed by atoms with Gasteiger partial charge in [-0.3, -0.25) is 0 Å². The summed E-state index contributed by atoms with van der Waals surface area (Å²) in [5.41, 5.74) is 1.77. The smallest absolute Gasteiger partial charge is 0.0991 e. The first-order valence-corrected chi connectivity index (χ1v) is 4.54. The normalized spacial score (nSPS) is 9.36. The Morgan fingerprint density at radius 3 is 2.64 bits per heavy atom. The monoisotopic (exact) mass is 187 g/mol. The lowest BCUT2D eigenvalue weighted by Crippen LogP contribution is -1.94. The van der Waals surface area contributed by atoms with E-state index in [4.69, 9.17) is 10.00 Å². The van der Waals surface area contributed by atoms with Crippen molar-refractivity contribution in [3.05, 3.63) is 48.0 Å². The van der Waals surface area contributed by atoms with E-state index in [-0.39, 0.29) is 0 Å². The van der Waals surface area contributed by atoms with E-state index in [0.29, 0.717) is 18.8 Å². The number of nitrogens with zero attached hydrogens (tertiary/aromatic N) is 1. The Morgan fingerprint density at radius 2 is 2.07 bits per heavy atom. The summed E-state index contributed by atoms with van der Waals surface area (Å²) in [5.74, 6) is 0. The molecule has 0 fully saturated rings. The summed E-state index contributed by atoms with van der Waals surface area (Å²) in [6, 6.07) is 9.49. The fraction of sp³-hybridized carbons (Fsp3) is 0.250. The highest BCUT2D eigenvalue weighted by Crippen LogP contribution is 2.04. The number of benzene rings is 1. The maximum Gasteiger partial charge on any atom is 0.0991 e. The van der Waals surface area contributed by atoms with Gasteiger partial charge in [0.15, 0.2) is 0 Å². The first-order chi connectivity index (χ1) is 6.86.